The predicted octanol–water partition coefficient (Wildman–Crippen LogP) is 6.29. The van der Waals surface area contributed by atoms with Crippen LogP contribution in [0.3, 0.4) is 0 Å². The second-order valence-electron chi connectivity index (χ2n) is 6.66. The molecular formula is C24H25ClN6. The first-order valence-corrected chi connectivity index (χ1v) is 10.5. The molecule has 0 aliphatic carbocycles. The molecule has 31 heavy (non-hydrogen) atoms. The molecule has 2 aromatic heterocycles. The summed E-state index contributed by atoms with van der Waals surface area (Å²) >= 11 is 5.94. The van der Waals surface area contributed by atoms with Gasteiger partial charge in [0.2, 0.25) is 0 Å². The van der Waals surface area contributed by atoms with E-state index in [1.165, 1.54) is 0 Å². The van der Waals surface area contributed by atoms with Gasteiger partial charge < -0.3 is 10.6 Å². The van der Waals surface area contributed by atoms with E-state index in [9.17, 15) is 0 Å². The molecule has 2 heterocycles. The number of rotatable bonds is 10. The van der Waals surface area contributed by atoms with Crippen LogP contribution in [-0.2, 0) is 0 Å². The number of aromatic nitrogens is 3. The monoisotopic (exact) mass is 432 g/mol. The zero-order chi connectivity index (χ0) is 21.7. The van der Waals surface area contributed by atoms with Gasteiger partial charge in [-0.2, -0.15) is 0 Å². The first-order chi connectivity index (χ1) is 15.2. The average molecular weight is 433 g/mol. The molecule has 6 nitrogen and oxygen atoms in total. The summed E-state index contributed by atoms with van der Waals surface area (Å²) in [5.74, 6) is 0.655. The van der Waals surface area contributed by atoms with E-state index in [2.05, 4.69) is 36.7 Å². The zero-order valence-corrected chi connectivity index (χ0v) is 18.1. The van der Waals surface area contributed by atoms with E-state index in [1.54, 1.807) is 31.0 Å². The lowest BCUT2D eigenvalue weighted by Crippen LogP contribution is -2.02. The van der Waals surface area contributed by atoms with Crippen LogP contribution in [0.25, 0.3) is 11.3 Å². The van der Waals surface area contributed by atoms with Gasteiger partial charge in [-0.15, -0.1) is 0 Å². The molecule has 0 saturated heterocycles. The molecule has 3 rings (SSSR count). The summed E-state index contributed by atoms with van der Waals surface area (Å²) in [4.78, 5) is 17.4. The summed E-state index contributed by atoms with van der Waals surface area (Å²) in [5, 5.41) is 7.34. The Kier molecular flexibility index (Phi) is 8.76. The van der Waals surface area contributed by atoms with Crippen molar-refractivity contribution < 1.29 is 0 Å². The van der Waals surface area contributed by atoms with Crippen LogP contribution in [-0.4, -0.2) is 27.7 Å². The fourth-order valence-corrected chi connectivity index (χ4v) is 2.84. The van der Waals surface area contributed by atoms with Gasteiger partial charge in [0.25, 0.3) is 0 Å². The Labute approximate surface area is 187 Å². The highest BCUT2D eigenvalue weighted by atomic mass is 35.5. The molecule has 3 aromatic rings. The summed E-state index contributed by atoms with van der Waals surface area (Å²) < 4.78 is 0. The lowest BCUT2D eigenvalue weighted by molar-refractivity contribution is 0.889. The molecule has 0 amide bonds. The Morgan fingerprint density at radius 1 is 1.03 bits per heavy atom. The van der Waals surface area contributed by atoms with E-state index in [1.807, 2.05) is 55.6 Å². The van der Waals surface area contributed by atoms with Crippen molar-refractivity contribution in [1.82, 2.24) is 15.0 Å². The number of aliphatic imine (C=N–C) groups is 1. The molecule has 158 valence electrons. The molecular weight excluding hydrogens is 408 g/mol. The second kappa shape index (κ2) is 12.2. The predicted molar refractivity (Wildman–Crippen MR) is 130 cm³/mol. The molecule has 2 N–H and O–H groups in total. The molecule has 0 atom stereocenters. The van der Waals surface area contributed by atoms with Crippen LogP contribution in [0.15, 0.2) is 84.5 Å². The molecule has 0 bridgehead atoms. The molecule has 0 aliphatic rings. The third-order valence-electron chi connectivity index (χ3n) is 4.21. The number of anilines is 3. The number of benzene rings is 1. The van der Waals surface area contributed by atoms with E-state index in [0.29, 0.717) is 10.8 Å². The normalized spacial score (nSPS) is 11.5. The summed E-state index contributed by atoms with van der Waals surface area (Å²) in [6.07, 6.45) is 18.5. The largest absolute Gasteiger partial charge is 0.384 e. The van der Waals surface area contributed by atoms with Gasteiger partial charge in [0.05, 0.1) is 23.8 Å². The number of hydrogen-bond donors (Lipinski definition) is 2. The summed E-state index contributed by atoms with van der Waals surface area (Å²) in [6, 6.07) is 9.48. The highest BCUT2D eigenvalue weighted by Gasteiger charge is 2.05. The van der Waals surface area contributed by atoms with E-state index in [-0.39, 0.29) is 0 Å². The molecule has 0 fully saturated rings. The third-order valence-corrected chi connectivity index (χ3v) is 4.46. The van der Waals surface area contributed by atoms with Crippen molar-refractivity contribution in [2.24, 2.45) is 4.99 Å². The standard InChI is InChI=1S/C24H25ClN6/c1-2-11-26-12-5-3-4-6-13-29-22-14-19(15-27-16-22)23-17-28-18-24(31-23)30-21-9-7-20(25)8-10-21/h2-3,5,7-12,14-18,29H,4,6,13H2,1H3,(H,30,31)/b5-3+,11-2-,26-12-. The van der Waals surface area contributed by atoms with Crippen LogP contribution in [0.2, 0.25) is 5.02 Å². The average Bonchev–Trinajstić information content (AvgIpc) is 2.80. The first kappa shape index (κ1) is 22.2. The van der Waals surface area contributed by atoms with Gasteiger partial charge in [-0.1, -0.05) is 23.8 Å². The minimum absolute atomic E-state index is 0.655. The van der Waals surface area contributed by atoms with Crippen LogP contribution >= 0.6 is 11.6 Å². The van der Waals surface area contributed by atoms with Crippen LogP contribution in [0.5, 0.6) is 0 Å². The number of unbranched alkanes of at least 4 members (excludes halogenated alkanes) is 1. The number of allylic oxidation sites excluding steroid dienone is 3. The van der Waals surface area contributed by atoms with Crippen LogP contribution in [0.1, 0.15) is 19.8 Å². The van der Waals surface area contributed by atoms with E-state index in [4.69, 9.17) is 11.6 Å². The molecule has 7 heteroatoms. The van der Waals surface area contributed by atoms with Crippen molar-refractivity contribution in [3.8, 4) is 11.3 Å². The van der Waals surface area contributed by atoms with Crippen molar-refractivity contribution in [3.05, 3.63) is 84.6 Å². The maximum Gasteiger partial charge on any atom is 0.149 e. The minimum Gasteiger partial charge on any atom is -0.384 e. The van der Waals surface area contributed by atoms with Crippen LogP contribution in [0.4, 0.5) is 17.2 Å². The van der Waals surface area contributed by atoms with Crippen molar-refractivity contribution in [1.29, 1.82) is 0 Å². The lowest BCUT2D eigenvalue weighted by atomic mass is 10.2. The number of halogens is 1. The number of nitrogens with zero attached hydrogens (tertiary/aromatic N) is 4. The Morgan fingerprint density at radius 2 is 1.87 bits per heavy atom. The van der Waals surface area contributed by atoms with Crippen LogP contribution in [0, 0.1) is 0 Å². The molecule has 0 spiro atoms. The Balaban J connectivity index is 1.55. The Bertz CT molecular complexity index is 1040. The quantitative estimate of drug-likeness (QED) is 0.291. The van der Waals surface area contributed by atoms with Crippen molar-refractivity contribution in [2.45, 2.75) is 19.8 Å². The maximum atomic E-state index is 5.94. The van der Waals surface area contributed by atoms with Gasteiger partial charge in [-0.25, -0.2) is 4.98 Å². The Morgan fingerprint density at radius 3 is 2.71 bits per heavy atom. The number of hydrogen-bond acceptors (Lipinski definition) is 6. The molecule has 0 unspecified atom stereocenters. The lowest BCUT2D eigenvalue weighted by Gasteiger charge is -2.09. The van der Waals surface area contributed by atoms with Gasteiger partial charge in [0.1, 0.15) is 5.82 Å². The van der Waals surface area contributed by atoms with Gasteiger partial charge in [-0.05, 0) is 56.2 Å². The second-order valence-corrected chi connectivity index (χ2v) is 7.10. The van der Waals surface area contributed by atoms with Gasteiger partial charge in [0.15, 0.2) is 0 Å². The van der Waals surface area contributed by atoms with Crippen molar-refractivity contribution in [2.75, 3.05) is 17.2 Å². The fourth-order valence-electron chi connectivity index (χ4n) is 2.72. The highest BCUT2D eigenvalue weighted by molar-refractivity contribution is 6.30. The molecule has 0 aliphatic heterocycles. The van der Waals surface area contributed by atoms with Crippen LogP contribution < -0.4 is 10.6 Å². The highest BCUT2D eigenvalue weighted by Crippen LogP contribution is 2.22. The van der Waals surface area contributed by atoms with Gasteiger partial charge in [-0.3, -0.25) is 15.0 Å². The Hall–Kier alpha value is -3.51. The third kappa shape index (κ3) is 7.68. The summed E-state index contributed by atoms with van der Waals surface area (Å²) in [6.45, 7) is 2.80. The van der Waals surface area contributed by atoms with E-state index < -0.39 is 0 Å². The van der Waals surface area contributed by atoms with Crippen molar-refractivity contribution >= 4 is 35.0 Å². The topological polar surface area (TPSA) is 75.1 Å². The maximum absolute atomic E-state index is 5.94. The van der Waals surface area contributed by atoms with Gasteiger partial charge in [0, 0.05) is 47.6 Å². The summed E-state index contributed by atoms with van der Waals surface area (Å²) in [7, 11) is 0. The van der Waals surface area contributed by atoms with E-state index >= 15 is 0 Å². The fraction of sp³-hybridized carbons (Fsp3) is 0.167. The van der Waals surface area contributed by atoms with E-state index in [0.717, 1.165) is 42.0 Å². The molecule has 0 saturated carbocycles. The smallest absolute Gasteiger partial charge is 0.149 e. The SMILES string of the molecule is C\C=C/N=C\C=C\CCCNc1cncc(-c2cncc(Nc3ccc(Cl)cc3)n2)c1. The number of pyridine rings is 1. The molecule has 0 radical (unpaired) electrons. The van der Waals surface area contributed by atoms with Crippen molar-refractivity contribution in [3.63, 3.8) is 0 Å². The zero-order valence-electron chi connectivity index (χ0n) is 17.4. The first-order valence-electron chi connectivity index (χ1n) is 10.1. The number of nitrogens with one attached hydrogen (secondary N) is 2. The minimum atomic E-state index is 0.655. The summed E-state index contributed by atoms with van der Waals surface area (Å²) in [5.41, 5.74) is 3.50. The molecule has 1 aromatic carbocycles. The van der Waals surface area contributed by atoms with Gasteiger partial charge >= 0.3 is 0 Å².